The van der Waals surface area contributed by atoms with Crippen molar-refractivity contribution in [1.29, 1.82) is 0 Å². The van der Waals surface area contributed by atoms with Gasteiger partial charge < -0.3 is 14.7 Å². The Balaban J connectivity index is 1.18. The highest BCUT2D eigenvalue weighted by Gasteiger charge is 2.46. The molecule has 0 bridgehead atoms. The summed E-state index contributed by atoms with van der Waals surface area (Å²) in [5, 5.41) is 0. The van der Waals surface area contributed by atoms with Crippen molar-refractivity contribution in [2.75, 3.05) is 14.7 Å². The minimum atomic E-state index is -0.162. The molecule has 3 nitrogen and oxygen atoms in total. The van der Waals surface area contributed by atoms with E-state index >= 15 is 0 Å². The third-order valence-electron chi connectivity index (χ3n) is 17.1. The molecule has 0 atom stereocenters. The van der Waals surface area contributed by atoms with Gasteiger partial charge in [0.2, 0.25) is 0 Å². The molecule has 0 spiro atoms. The Morgan fingerprint density at radius 2 is 0.883 bits per heavy atom. The number of para-hydroxylation sites is 1. The topological polar surface area (TPSA) is 9.72 Å². The molecule has 2 heterocycles. The van der Waals surface area contributed by atoms with Crippen LogP contribution in [0.4, 0.5) is 51.2 Å². The lowest BCUT2D eigenvalue weighted by Crippen LogP contribution is -2.61. The standard InChI is InChI=1S/C73H74BN3/c1-69(2,3)48-28-33-52(34-29-48)75(63-27-21-19-24-56(63)47-22-16-15-17-23-47)55-38-40-61-65(46-55)77(54-37-39-60-58(45-54)57-25-18-20-26-59(57)73(60,13)14)67-44-51(72(10,11)12)43-66-68(67)74(61)62-42-50(71(7,8)9)32-41-64(62)76(66)53-35-30-49(31-36-53)70(4,5)6/h15-46H,1-14H3. The van der Waals surface area contributed by atoms with E-state index in [4.69, 9.17) is 0 Å². The fourth-order valence-corrected chi connectivity index (χ4v) is 12.6. The van der Waals surface area contributed by atoms with Crippen LogP contribution in [-0.4, -0.2) is 6.71 Å². The highest BCUT2D eigenvalue weighted by atomic mass is 15.2. The average molecular weight is 1000 g/mol. The minimum Gasteiger partial charge on any atom is -0.311 e. The third kappa shape index (κ3) is 8.42. The minimum absolute atomic E-state index is 0.00989. The summed E-state index contributed by atoms with van der Waals surface area (Å²) in [4.78, 5) is 7.72. The molecule has 2 aliphatic heterocycles. The van der Waals surface area contributed by atoms with Gasteiger partial charge in [0.1, 0.15) is 0 Å². The number of rotatable bonds is 6. The molecule has 0 saturated carbocycles. The molecule has 12 rings (SSSR count). The van der Waals surface area contributed by atoms with Gasteiger partial charge in [-0.1, -0.05) is 218 Å². The fraction of sp³-hybridized carbons (Fsp3) is 0.260. The smallest absolute Gasteiger partial charge is 0.252 e. The lowest BCUT2D eigenvalue weighted by Gasteiger charge is -2.46. The number of hydrogen-bond donors (Lipinski definition) is 0. The summed E-state index contributed by atoms with van der Waals surface area (Å²) in [7, 11) is 0. The molecule has 0 N–H and O–H groups in total. The fourth-order valence-electron chi connectivity index (χ4n) is 12.6. The van der Waals surface area contributed by atoms with Crippen molar-refractivity contribution < 1.29 is 0 Å². The first-order chi connectivity index (χ1) is 36.5. The Morgan fingerprint density at radius 3 is 1.52 bits per heavy atom. The van der Waals surface area contributed by atoms with Gasteiger partial charge in [0.25, 0.3) is 6.71 Å². The zero-order chi connectivity index (χ0) is 54.1. The quantitative estimate of drug-likeness (QED) is 0.154. The summed E-state index contributed by atoms with van der Waals surface area (Å²) in [5.41, 5.74) is 27.2. The predicted molar refractivity (Wildman–Crippen MR) is 333 cm³/mol. The first-order valence-electron chi connectivity index (χ1n) is 28.0. The molecule has 0 fully saturated rings. The lowest BCUT2D eigenvalue weighted by atomic mass is 9.33. The van der Waals surface area contributed by atoms with Crippen molar-refractivity contribution >= 4 is 74.3 Å². The Morgan fingerprint density at radius 1 is 0.364 bits per heavy atom. The highest BCUT2D eigenvalue weighted by molar-refractivity contribution is 7.00. The van der Waals surface area contributed by atoms with Crippen LogP contribution in [0.2, 0.25) is 0 Å². The average Bonchev–Trinajstić information content (AvgIpc) is 3.81. The Kier molecular flexibility index (Phi) is 11.6. The monoisotopic (exact) mass is 1000 g/mol. The zero-order valence-corrected chi connectivity index (χ0v) is 47.9. The summed E-state index contributed by atoms with van der Waals surface area (Å²) in [6, 6.07) is 74.7. The van der Waals surface area contributed by atoms with Gasteiger partial charge >= 0.3 is 0 Å². The number of benzene rings is 9. The van der Waals surface area contributed by atoms with Crippen LogP contribution in [0.5, 0.6) is 0 Å². The first-order valence-corrected chi connectivity index (χ1v) is 28.0. The van der Waals surface area contributed by atoms with Crippen molar-refractivity contribution in [1.82, 2.24) is 0 Å². The van der Waals surface area contributed by atoms with Gasteiger partial charge in [-0.15, -0.1) is 0 Å². The van der Waals surface area contributed by atoms with Crippen LogP contribution in [0.15, 0.2) is 194 Å². The summed E-state index contributed by atoms with van der Waals surface area (Å²) in [6.45, 7) is 32.7. The summed E-state index contributed by atoms with van der Waals surface area (Å²) >= 11 is 0. The zero-order valence-electron chi connectivity index (χ0n) is 47.9. The van der Waals surface area contributed by atoms with Crippen molar-refractivity contribution in [2.45, 2.75) is 124 Å². The largest absolute Gasteiger partial charge is 0.311 e. The Labute approximate surface area is 460 Å². The van der Waals surface area contributed by atoms with Gasteiger partial charge in [-0.05, 0) is 161 Å². The highest BCUT2D eigenvalue weighted by Crippen LogP contribution is 2.53. The van der Waals surface area contributed by atoms with E-state index in [0.29, 0.717) is 0 Å². The molecule has 77 heavy (non-hydrogen) atoms. The third-order valence-corrected chi connectivity index (χ3v) is 17.1. The van der Waals surface area contributed by atoms with Crippen molar-refractivity contribution in [2.24, 2.45) is 0 Å². The van der Waals surface area contributed by atoms with Crippen molar-refractivity contribution in [3.8, 4) is 22.3 Å². The van der Waals surface area contributed by atoms with Crippen LogP contribution in [-0.2, 0) is 27.1 Å². The lowest BCUT2D eigenvalue weighted by molar-refractivity contribution is 0.589. The van der Waals surface area contributed by atoms with Crippen molar-refractivity contribution in [3.63, 3.8) is 0 Å². The Hall–Kier alpha value is -7.56. The van der Waals surface area contributed by atoms with Crippen LogP contribution in [0.1, 0.15) is 130 Å². The Bertz CT molecular complexity index is 3760. The second-order valence-electron chi connectivity index (χ2n) is 26.8. The molecular formula is C73H74BN3. The van der Waals surface area contributed by atoms with Gasteiger partial charge in [-0.3, -0.25) is 0 Å². The van der Waals surface area contributed by atoms with Crippen LogP contribution >= 0.6 is 0 Å². The molecule has 384 valence electrons. The van der Waals surface area contributed by atoms with E-state index in [1.54, 1.807) is 0 Å². The van der Waals surface area contributed by atoms with Crippen LogP contribution in [0.25, 0.3) is 22.3 Å². The molecule has 9 aromatic carbocycles. The van der Waals surface area contributed by atoms with E-state index in [1.165, 1.54) is 100 Å². The van der Waals surface area contributed by atoms with Gasteiger partial charge in [0, 0.05) is 56.5 Å². The maximum Gasteiger partial charge on any atom is 0.252 e. The predicted octanol–water partition coefficient (Wildman–Crippen LogP) is 18.4. The summed E-state index contributed by atoms with van der Waals surface area (Å²) < 4.78 is 0. The van der Waals surface area contributed by atoms with E-state index < -0.39 is 0 Å². The second-order valence-corrected chi connectivity index (χ2v) is 26.8. The number of nitrogens with zero attached hydrogens (tertiary/aromatic N) is 3. The normalized spacial score (nSPS) is 14.4. The van der Waals surface area contributed by atoms with E-state index in [-0.39, 0.29) is 33.8 Å². The van der Waals surface area contributed by atoms with Gasteiger partial charge in [-0.25, -0.2) is 0 Å². The number of fused-ring (bicyclic) bond motifs is 7. The molecule has 0 saturated heterocycles. The van der Waals surface area contributed by atoms with Gasteiger partial charge in [-0.2, -0.15) is 0 Å². The second kappa shape index (κ2) is 17.7. The molecule has 1 aliphatic carbocycles. The molecule has 0 unspecified atom stereocenters. The SMILES string of the molecule is CC(C)(C)c1ccc(N(c2ccc3c(c2)N(c2ccc4c(c2)-c2ccccc2C4(C)C)c2cc(C(C)(C)C)cc4c2B3c2cc(C(C)(C)C)ccc2N4c2ccc(C(C)(C)C)cc2)c2ccccc2-c2ccccc2)cc1. The van der Waals surface area contributed by atoms with E-state index in [9.17, 15) is 0 Å². The van der Waals surface area contributed by atoms with E-state index in [0.717, 1.165) is 22.7 Å². The number of hydrogen-bond acceptors (Lipinski definition) is 3. The van der Waals surface area contributed by atoms with E-state index in [1.807, 2.05) is 0 Å². The van der Waals surface area contributed by atoms with Crippen molar-refractivity contribution in [3.05, 3.63) is 228 Å². The maximum absolute atomic E-state index is 2.64. The first kappa shape index (κ1) is 50.3. The molecule has 4 heteroatoms. The maximum atomic E-state index is 2.64. The number of anilines is 9. The molecular weight excluding hydrogens is 930 g/mol. The van der Waals surface area contributed by atoms with Crippen LogP contribution < -0.4 is 31.1 Å². The van der Waals surface area contributed by atoms with E-state index in [2.05, 4.69) is 306 Å². The van der Waals surface area contributed by atoms with Gasteiger partial charge in [0.05, 0.1) is 5.69 Å². The van der Waals surface area contributed by atoms with Crippen LogP contribution in [0.3, 0.4) is 0 Å². The molecule has 3 aliphatic rings. The summed E-state index contributed by atoms with van der Waals surface area (Å²) in [6.07, 6.45) is 0. The molecule has 0 radical (unpaired) electrons. The molecule has 0 amide bonds. The van der Waals surface area contributed by atoms with Crippen LogP contribution in [0, 0.1) is 0 Å². The molecule has 0 aromatic heterocycles. The van der Waals surface area contributed by atoms with Gasteiger partial charge in [0.15, 0.2) is 0 Å². The molecule has 9 aromatic rings. The summed E-state index contributed by atoms with van der Waals surface area (Å²) in [5.74, 6) is 0.